The third kappa shape index (κ3) is 4.47. The first-order chi connectivity index (χ1) is 14.7. The molecule has 0 saturated heterocycles. The van der Waals surface area contributed by atoms with Crippen LogP contribution in [0.15, 0.2) is 29.3 Å². The van der Waals surface area contributed by atoms with Gasteiger partial charge in [0.1, 0.15) is 5.82 Å². The van der Waals surface area contributed by atoms with Crippen LogP contribution in [0.4, 0.5) is 5.69 Å². The maximum absolute atomic E-state index is 12.6. The molecule has 2 N–H and O–H groups in total. The van der Waals surface area contributed by atoms with E-state index in [1.807, 2.05) is 27.8 Å². The lowest BCUT2D eigenvalue weighted by atomic mass is 10.1. The van der Waals surface area contributed by atoms with Crippen molar-refractivity contribution >= 4 is 17.6 Å². The first kappa shape index (κ1) is 20.4. The highest BCUT2D eigenvalue weighted by molar-refractivity contribution is 5.95. The summed E-state index contributed by atoms with van der Waals surface area (Å²) in [5, 5.41) is 11.4. The van der Waals surface area contributed by atoms with Gasteiger partial charge in [-0.15, -0.1) is 0 Å². The molecule has 0 fully saturated rings. The molecule has 4 rings (SSSR count). The van der Waals surface area contributed by atoms with Gasteiger partial charge in [0.2, 0.25) is 5.91 Å². The Hall–Kier alpha value is -2.90. The van der Waals surface area contributed by atoms with E-state index in [9.17, 15) is 4.79 Å². The summed E-state index contributed by atoms with van der Waals surface area (Å²) in [6, 6.07) is 8.46. The monoisotopic (exact) mass is 409 g/mol. The number of aryl methyl sites for hydroxylation is 2. The van der Waals surface area contributed by atoms with E-state index in [0.717, 1.165) is 68.5 Å². The van der Waals surface area contributed by atoms with Crippen LogP contribution in [0.2, 0.25) is 0 Å². The number of aromatic nitrogens is 3. The molecule has 30 heavy (non-hydrogen) atoms. The van der Waals surface area contributed by atoms with Crippen LogP contribution in [0.25, 0.3) is 0 Å². The van der Waals surface area contributed by atoms with E-state index in [0.29, 0.717) is 13.0 Å². The number of carbonyl (C=O) groups excluding carboxylic acids is 1. The fourth-order valence-corrected chi connectivity index (χ4v) is 4.19. The van der Waals surface area contributed by atoms with Gasteiger partial charge in [-0.05, 0) is 30.9 Å². The van der Waals surface area contributed by atoms with Gasteiger partial charge in [-0.25, -0.2) is 9.67 Å². The Morgan fingerprint density at radius 2 is 2.17 bits per heavy atom. The molecule has 0 bridgehead atoms. The van der Waals surface area contributed by atoms with Crippen LogP contribution < -0.4 is 15.5 Å². The number of aliphatic imine (C=N–C) groups is 1. The number of nitrogens with zero attached hydrogens (tertiary/aromatic N) is 5. The standard InChI is InChI=1S/C22H31N7O/c1-3-19-26-20-11-10-17(15-29(20)27-19)25-22(23-2)24-13-6-9-21(30)28-14-12-16-7-4-5-8-18(16)28/h4-5,7-8,17H,3,6,9-15H2,1-2H3,(H2,23,24,25). The molecule has 2 aliphatic rings. The average molecular weight is 410 g/mol. The van der Waals surface area contributed by atoms with Gasteiger partial charge in [0.05, 0.1) is 6.54 Å². The van der Waals surface area contributed by atoms with Crippen molar-refractivity contribution in [3.8, 4) is 0 Å². The summed E-state index contributed by atoms with van der Waals surface area (Å²) in [5.41, 5.74) is 2.34. The molecular formula is C22H31N7O. The fourth-order valence-electron chi connectivity index (χ4n) is 4.19. The van der Waals surface area contributed by atoms with Crippen LogP contribution in [-0.4, -0.2) is 52.8 Å². The number of hydrogen-bond acceptors (Lipinski definition) is 4. The quantitative estimate of drug-likeness (QED) is 0.431. The number of guanidine groups is 1. The Bertz CT molecular complexity index is 920. The lowest BCUT2D eigenvalue weighted by Crippen LogP contribution is -2.47. The molecule has 1 amide bonds. The number of anilines is 1. The second-order valence-corrected chi connectivity index (χ2v) is 7.89. The zero-order valence-electron chi connectivity index (χ0n) is 17.9. The number of carbonyl (C=O) groups is 1. The third-order valence-corrected chi connectivity index (χ3v) is 5.83. The van der Waals surface area contributed by atoms with Gasteiger partial charge in [0, 0.05) is 51.1 Å². The molecule has 160 valence electrons. The van der Waals surface area contributed by atoms with Crippen molar-refractivity contribution in [1.29, 1.82) is 0 Å². The summed E-state index contributed by atoms with van der Waals surface area (Å²) in [6.45, 7) is 4.38. The minimum atomic E-state index is 0.197. The van der Waals surface area contributed by atoms with Crippen LogP contribution >= 0.6 is 0 Å². The van der Waals surface area contributed by atoms with E-state index in [2.05, 4.69) is 38.7 Å². The van der Waals surface area contributed by atoms with Gasteiger partial charge in [0.25, 0.3) is 0 Å². The van der Waals surface area contributed by atoms with Crippen molar-refractivity contribution in [1.82, 2.24) is 25.4 Å². The largest absolute Gasteiger partial charge is 0.356 e. The fraction of sp³-hybridized carbons (Fsp3) is 0.545. The summed E-state index contributed by atoms with van der Waals surface area (Å²) < 4.78 is 2.01. The number of nitrogens with one attached hydrogen (secondary N) is 2. The third-order valence-electron chi connectivity index (χ3n) is 5.83. The number of fused-ring (bicyclic) bond motifs is 2. The first-order valence-corrected chi connectivity index (χ1v) is 11.0. The topological polar surface area (TPSA) is 87.4 Å². The van der Waals surface area contributed by atoms with E-state index in [1.165, 1.54) is 5.56 Å². The van der Waals surface area contributed by atoms with Crippen LogP contribution in [0, 0.1) is 0 Å². The highest BCUT2D eigenvalue weighted by Crippen LogP contribution is 2.27. The van der Waals surface area contributed by atoms with Crippen molar-refractivity contribution in [2.24, 2.45) is 4.99 Å². The SMILES string of the molecule is CCc1nc2n(n1)CC(NC(=NC)NCCCC(=O)N1CCc3ccccc31)CC2. The predicted octanol–water partition coefficient (Wildman–Crippen LogP) is 1.69. The molecule has 2 aliphatic heterocycles. The summed E-state index contributed by atoms with van der Waals surface area (Å²) in [7, 11) is 1.78. The summed E-state index contributed by atoms with van der Waals surface area (Å²) in [6.07, 6.45) is 5.05. The second kappa shape index (κ2) is 9.28. The molecule has 2 aromatic rings. The number of hydrogen-bond donors (Lipinski definition) is 2. The van der Waals surface area contributed by atoms with Crippen molar-refractivity contribution in [3.05, 3.63) is 41.5 Å². The lowest BCUT2D eigenvalue weighted by Gasteiger charge is -2.25. The second-order valence-electron chi connectivity index (χ2n) is 7.89. The molecule has 1 aromatic carbocycles. The van der Waals surface area contributed by atoms with E-state index in [4.69, 9.17) is 0 Å². The summed E-state index contributed by atoms with van der Waals surface area (Å²) in [4.78, 5) is 23.4. The van der Waals surface area contributed by atoms with Gasteiger partial charge in [-0.3, -0.25) is 9.79 Å². The Balaban J connectivity index is 1.21. The molecule has 1 unspecified atom stereocenters. The smallest absolute Gasteiger partial charge is 0.227 e. The number of rotatable bonds is 6. The normalized spacial score (nSPS) is 18.1. The molecule has 1 atom stereocenters. The van der Waals surface area contributed by atoms with Crippen LogP contribution in [-0.2, 0) is 30.6 Å². The van der Waals surface area contributed by atoms with Gasteiger partial charge >= 0.3 is 0 Å². The van der Waals surface area contributed by atoms with Gasteiger partial charge in [-0.2, -0.15) is 5.10 Å². The minimum Gasteiger partial charge on any atom is -0.356 e. The molecule has 8 nitrogen and oxygen atoms in total. The first-order valence-electron chi connectivity index (χ1n) is 11.0. The van der Waals surface area contributed by atoms with Gasteiger partial charge in [0.15, 0.2) is 11.8 Å². The maximum Gasteiger partial charge on any atom is 0.227 e. The van der Waals surface area contributed by atoms with E-state index < -0.39 is 0 Å². The summed E-state index contributed by atoms with van der Waals surface area (Å²) in [5.74, 6) is 2.97. The highest BCUT2D eigenvalue weighted by Gasteiger charge is 2.24. The highest BCUT2D eigenvalue weighted by atomic mass is 16.2. The van der Waals surface area contributed by atoms with Crippen LogP contribution in [0.5, 0.6) is 0 Å². The molecule has 8 heteroatoms. The Morgan fingerprint density at radius 1 is 1.30 bits per heavy atom. The van der Waals surface area contributed by atoms with Crippen molar-refractivity contribution in [2.75, 3.05) is 25.0 Å². The number of benzene rings is 1. The molecule has 0 radical (unpaired) electrons. The zero-order valence-corrected chi connectivity index (χ0v) is 17.9. The number of para-hydroxylation sites is 1. The Labute approximate surface area is 177 Å². The van der Waals surface area contributed by atoms with E-state index in [1.54, 1.807) is 7.05 Å². The predicted molar refractivity (Wildman–Crippen MR) is 118 cm³/mol. The van der Waals surface area contributed by atoms with Crippen LogP contribution in [0.3, 0.4) is 0 Å². The van der Waals surface area contributed by atoms with Gasteiger partial charge in [-0.1, -0.05) is 25.1 Å². The van der Waals surface area contributed by atoms with Crippen molar-refractivity contribution in [3.63, 3.8) is 0 Å². The van der Waals surface area contributed by atoms with E-state index in [-0.39, 0.29) is 11.9 Å². The van der Waals surface area contributed by atoms with Crippen LogP contribution in [0.1, 0.15) is 43.4 Å². The summed E-state index contributed by atoms with van der Waals surface area (Å²) >= 11 is 0. The van der Waals surface area contributed by atoms with Gasteiger partial charge < -0.3 is 15.5 Å². The molecule has 0 aliphatic carbocycles. The average Bonchev–Trinajstić information content (AvgIpc) is 3.39. The molecule has 0 saturated carbocycles. The van der Waals surface area contributed by atoms with E-state index >= 15 is 0 Å². The Kier molecular flexibility index (Phi) is 6.30. The molecular weight excluding hydrogens is 378 g/mol. The van der Waals surface area contributed by atoms with Crippen molar-refractivity contribution < 1.29 is 4.79 Å². The molecule has 3 heterocycles. The van der Waals surface area contributed by atoms with Crippen molar-refractivity contribution in [2.45, 2.75) is 58.0 Å². The zero-order chi connectivity index (χ0) is 20.9. The number of amides is 1. The lowest BCUT2D eigenvalue weighted by molar-refractivity contribution is -0.118. The maximum atomic E-state index is 12.6. The minimum absolute atomic E-state index is 0.197. The Morgan fingerprint density at radius 3 is 3.00 bits per heavy atom. The molecule has 1 aromatic heterocycles. The molecule has 0 spiro atoms.